The molecule has 6 heteroatoms. The van der Waals surface area contributed by atoms with E-state index < -0.39 is 0 Å². The van der Waals surface area contributed by atoms with Crippen LogP contribution in [0.2, 0.25) is 0 Å². The Morgan fingerprint density at radius 2 is 2.05 bits per heavy atom. The van der Waals surface area contributed by atoms with Gasteiger partial charge in [-0.05, 0) is 30.3 Å². The van der Waals surface area contributed by atoms with Crippen LogP contribution in [0.5, 0.6) is 11.5 Å². The van der Waals surface area contributed by atoms with E-state index in [9.17, 15) is 4.79 Å². The van der Waals surface area contributed by atoms with Crippen LogP contribution in [0.15, 0.2) is 34.7 Å². The van der Waals surface area contributed by atoms with Crippen molar-refractivity contribution in [2.45, 2.75) is 13.1 Å². The zero-order valence-electron chi connectivity index (χ0n) is 12.0. The Morgan fingerprint density at radius 1 is 1.24 bits per heavy atom. The van der Waals surface area contributed by atoms with Crippen molar-refractivity contribution < 1.29 is 18.7 Å². The zero-order valence-corrected chi connectivity index (χ0v) is 12.0. The fourth-order valence-electron chi connectivity index (χ4n) is 1.89. The van der Waals surface area contributed by atoms with E-state index in [4.69, 9.17) is 19.6 Å². The highest BCUT2D eigenvalue weighted by Crippen LogP contribution is 2.23. The minimum Gasteiger partial charge on any atom is -0.497 e. The summed E-state index contributed by atoms with van der Waals surface area (Å²) in [5.41, 5.74) is 6.26. The van der Waals surface area contributed by atoms with Gasteiger partial charge >= 0.3 is 0 Å². The highest BCUT2D eigenvalue weighted by molar-refractivity contribution is 5.91. The number of amides is 1. The van der Waals surface area contributed by atoms with E-state index in [-0.39, 0.29) is 18.2 Å². The molecule has 1 aromatic heterocycles. The Labute approximate surface area is 122 Å². The minimum absolute atomic E-state index is 0.234. The van der Waals surface area contributed by atoms with Gasteiger partial charge in [0.05, 0.1) is 20.8 Å². The second-order valence-corrected chi connectivity index (χ2v) is 4.33. The number of hydrogen-bond donors (Lipinski definition) is 2. The number of ether oxygens (including phenoxy) is 2. The average Bonchev–Trinajstić information content (AvgIpc) is 3.01. The van der Waals surface area contributed by atoms with Crippen molar-refractivity contribution in [1.29, 1.82) is 0 Å². The lowest BCUT2D eigenvalue weighted by molar-refractivity contribution is 0.0921. The number of carbonyl (C=O) groups excluding carboxylic acids is 1. The van der Waals surface area contributed by atoms with E-state index in [1.165, 1.54) is 0 Å². The molecule has 2 rings (SSSR count). The maximum Gasteiger partial charge on any atom is 0.287 e. The number of carbonyl (C=O) groups is 1. The molecule has 2 aromatic rings. The zero-order chi connectivity index (χ0) is 15.2. The van der Waals surface area contributed by atoms with Gasteiger partial charge in [-0.15, -0.1) is 0 Å². The molecule has 3 N–H and O–H groups in total. The summed E-state index contributed by atoms with van der Waals surface area (Å²) in [4.78, 5) is 12.0. The van der Waals surface area contributed by atoms with E-state index in [1.807, 2.05) is 6.07 Å². The predicted octanol–water partition coefficient (Wildman–Crippen LogP) is 1.69. The predicted molar refractivity (Wildman–Crippen MR) is 77.3 cm³/mol. The van der Waals surface area contributed by atoms with Gasteiger partial charge in [0.1, 0.15) is 17.3 Å². The summed E-state index contributed by atoms with van der Waals surface area (Å²) in [6.45, 7) is 0.564. The molecule has 0 aliphatic rings. The highest BCUT2D eigenvalue weighted by Gasteiger charge is 2.12. The summed E-state index contributed by atoms with van der Waals surface area (Å²) in [5.74, 6) is 1.87. The first-order chi connectivity index (χ1) is 10.2. The van der Waals surface area contributed by atoms with Crippen molar-refractivity contribution in [3.63, 3.8) is 0 Å². The summed E-state index contributed by atoms with van der Waals surface area (Å²) >= 11 is 0. The van der Waals surface area contributed by atoms with Gasteiger partial charge in [0.2, 0.25) is 0 Å². The van der Waals surface area contributed by atoms with Crippen LogP contribution in [0, 0.1) is 0 Å². The molecule has 0 saturated heterocycles. The van der Waals surface area contributed by atoms with Crippen LogP contribution >= 0.6 is 0 Å². The number of benzene rings is 1. The molecule has 0 fully saturated rings. The van der Waals surface area contributed by atoms with Crippen LogP contribution in [0.3, 0.4) is 0 Å². The molecule has 0 unspecified atom stereocenters. The molecule has 21 heavy (non-hydrogen) atoms. The van der Waals surface area contributed by atoms with Crippen molar-refractivity contribution in [3.8, 4) is 11.5 Å². The lowest BCUT2D eigenvalue weighted by atomic mass is 10.2. The number of methoxy groups -OCH3 is 2. The molecule has 1 aromatic carbocycles. The molecule has 1 heterocycles. The maximum absolute atomic E-state index is 12.0. The van der Waals surface area contributed by atoms with Crippen LogP contribution in [-0.4, -0.2) is 20.1 Å². The van der Waals surface area contributed by atoms with Gasteiger partial charge in [0, 0.05) is 12.1 Å². The highest BCUT2D eigenvalue weighted by atomic mass is 16.5. The van der Waals surface area contributed by atoms with Crippen molar-refractivity contribution >= 4 is 5.91 Å². The molecule has 0 aliphatic heterocycles. The lowest BCUT2D eigenvalue weighted by Gasteiger charge is -2.11. The van der Waals surface area contributed by atoms with Gasteiger partial charge in [-0.1, -0.05) is 0 Å². The van der Waals surface area contributed by atoms with Gasteiger partial charge in [0.15, 0.2) is 5.76 Å². The monoisotopic (exact) mass is 290 g/mol. The largest absolute Gasteiger partial charge is 0.497 e. The number of nitrogens with one attached hydrogen (secondary N) is 1. The molecule has 0 bridgehead atoms. The number of nitrogens with two attached hydrogens (primary N) is 1. The SMILES string of the molecule is COc1ccc(OC)c(CNC(=O)c2ccc(CN)o2)c1. The van der Waals surface area contributed by atoms with Gasteiger partial charge in [0.25, 0.3) is 5.91 Å². The lowest BCUT2D eigenvalue weighted by Crippen LogP contribution is -2.22. The van der Waals surface area contributed by atoms with Gasteiger partial charge in [-0.3, -0.25) is 4.79 Å². The van der Waals surface area contributed by atoms with Crippen molar-refractivity contribution in [3.05, 3.63) is 47.4 Å². The number of rotatable bonds is 6. The third-order valence-electron chi connectivity index (χ3n) is 3.01. The normalized spacial score (nSPS) is 10.2. The van der Waals surface area contributed by atoms with Crippen molar-refractivity contribution in [2.75, 3.05) is 14.2 Å². The fourth-order valence-corrected chi connectivity index (χ4v) is 1.89. The minimum atomic E-state index is -0.306. The van der Waals surface area contributed by atoms with Gasteiger partial charge in [-0.2, -0.15) is 0 Å². The molecule has 112 valence electrons. The average molecular weight is 290 g/mol. The number of hydrogen-bond acceptors (Lipinski definition) is 5. The molecular weight excluding hydrogens is 272 g/mol. The topological polar surface area (TPSA) is 86.7 Å². The molecule has 0 radical (unpaired) electrons. The first kappa shape index (κ1) is 14.9. The van der Waals surface area contributed by atoms with E-state index in [0.29, 0.717) is 23.8 Å². The van der Waals surface area contributed by atoms with Crippen LogP contribution in [0.25, 0.3) is 0 Å². The molecule has 1 amide bonds. The van der Waals surface area contributed by atoms with Crippen LogP contribution in [0.4, 0.5) is 0 Å². The van der Waals surface area contributed by atoms with Gasteiger partial charge in [-0.25, -0.2) is 0 Å². The van der Waals surface area contributed by atoms with E-state index in [1.54, 1.807) is 38.5 Å². The standard InChI is InChI=1S/C15H18N2O4/c1-19-11-3-5-13(20-2)10(7-11)9-17-15(18)14-6-4-12(8-16)21-14/h3-7H,8-9,16H2,1-2H3,(H,17,18). The third kappa shape index (κ3) is 3.55. The summed E-state index contributed by atoms with van der Waals surface area (Å²) in [5, 5.41) is 2.77. The first-order valence-corrected chi connectivity index (χ1v) is 6.45. The second kappa shape index (κ2) is 6.81. The fraction of sp³-hybridized carbons (Fsp3) is 0.267. The van der Waals surface area contributed by atoms with Crippen molar-refractivity contribution in [2.24, 2.45) is 5.73 Å². The first-order valence-electron chi connectivity index (χ1n) is 6.45. The summed E-state index contributed by atoms with van der Waals surface area (Å²) in [7, 11) is 3.16. The summed E-state index contributed by atoms with van der Waals surface area (Å²) in [6.07, 6.45) is 0. The molecular formula is C15H18N2O4. The Hall–Kier alpha value is -2.47. The summed E-state index contributed by atoms with van der Waals surface area (Å²) in [6, 6.07) is 8.68. The molecule has 0 spiro atoms. The van der Waals surface area contributed by atoms with Crippen LogP contribution < -0.4 is 20.5 Å². The molecule has 6 nitrogen and oxygen atoms in total. The summed E-state index contributed by atoms with van der Waals surface area (Å²) < 4.78 is 15.7. The maximum atomic E-state index is 12.0. The third-order valence-corrected chi connectivity index (χ3v) is 3.01. The molecule has 0 aliphatic carbocycles. The quantitative estimate of drug-likeness (QED) is 0.845. The second-order valence-electron chi connectivity index (χ2n) is 4.33. The Bertz CT molecular complexity index is 622. The van der Waals surface area contributed by atoms with Crippen molar-refractivity contribution in [1.82, 2.24) is 5.32 Å². The number of furan rings is 1. The Kier molecular flexibility index (Phi) is 4.84. The Balaban J connectivity index is 2.06. The van der Waals surface area contributed by atoms with Gasteiger partial charge < -0.3 is 24.9 Å². The van der Waals surface area contributed by atoms with Crippen LogP contribution in [-0.2, 0) is 13.1 Å². The van der Waals surface area contributed by atoms with E-state index in [2.05, 4.69) is 5.32 Å². The van der Waals surface area contributed by atoms with Crippen LogP contribution in [0.1, 0.15) is 21.9 Å². The van der Waals surface area contributed by atoms with E-state index >= 15 is 0 Å². The molecule has 0 saturated carbocycles. The Morgan fingerprint density at radius 3 is 2.67 bits per heavy atom. The van der Waals surface area contributed by atoms with E-state index in [0.717, 1.165) is 5.56 Å². The smallest absolute Gasteiger partial charge is 0.287 e. The molecule has 0 atom stereocenters.